The van der Waals surface area contributed by atoms with Gasteiger partial charge in [-0.15, -0.1) is 0 Å². The van der Waals surface area contributed by atoms with Crippen LogP contribution in [-0.2, 0) is 12.9 Å². The van der Waals surface area contributed by atoms with Gasteiger partial charge in [-0.1, -0.05) is 17.7 Å². The molecule has 0 spiro atoms. The Bertz CT molecular complexity index is 1080. The molecule has 10 heteroatoms. The van der Waals surface area contributed by atoms with Crippen molar-refractivity contribution in [2.75, 3.05) is 31.1 Å². The molecule has 6 nitrogen and oxygen atoms in total. The van der Waals surface area contributed by atoms with Crippen molar-refractivity contribution >= 4 is 23.2 Å². The maximum absolute atomic E-state index is 12.8. The lowest BCUT2D eigenvalue weighted by atomic mass is 10.2. The van der Waals surface area contributed by atoms with Crippen LogP contribution in [0.25, 0.3) is 0 Å². The second-order valence-electron chi connectivity index (χ2n) is 7.30. The van der Waals surface area contributed by atoms with Crippen LogP contribution in [0.15, 0.2) is 60.8 Å². The highest BCUT2D eigenvalue weighted by Gasteiger charge is 2.30. The maximum atomic E-state index is 12.8. The Labute approximate surface area is 187 Å². The van der Waals surface area contributed by atoms with Crippen molar-refractivity contribution in [3.8, 4) is 5.75 Å². The first-order valence-corrected chi connectivity index (χ1v) is 10.3. The molecule has 0 N–H and O–H groups in total. The van der Waals surface area contributed by atoms with Gasteiger partial charge in [0, 0.05) is 43.1 Å². The third-order valence-corrected chi connectivity index (χ3v) is 5.40. The van der Waals surface area contributed by atoms with E-state index in [1.165, 1.54) is 16.8 Å². The summed E-state index contributed by atoms with van der Waals surface area (Å²) in [6.45, 7) is 2.36. The number of hydrogen-bond donors (Lipinski definition) is 0. The SMILES string of the molecule is O=C(c1ccn(COc2cccc(C(F)(F)F)c2)n1)N1CCN(c2ccc(Cl)cc2)CC1. The van der Waals surface area contributed by atoms with E-state index in [2.05, 4.69) is 10.00 Å². The average molecular weight is 465 g/mol. The number of benzene rings is 2. The molecule has 1 aliphatic heterocycles. The second-order valence-corrected chi connectivity index (χ2v) is 7.73. The number of carbonyl (C=O) groups excluding carboxylic acids is 1. The van der Waals surface area contributed by atoms with Gasteiger partial charge in [0.25, 0.3) is 5.91 Å². The lowest BCUT2D eigenvalue weighted by Gasteiger charge is -2.35. The average Bonchev–Trinajstić information content (AvgIpc) is 3.27. The summed E-state index contributed by atoms with van der Waals surface area (Å²) in [7, 11) is 0. The molecule has 0 aliphatic carbocycles. The number of halogens is 4. The van der Waals surface area contributed by atoms with Crippen LogP contribution in [-0.4, -0.2) is 46.8 Å². The molecule has 1 amide bonds. The summed E-state index contributed by atoms with van der Waals surface area (Å²) in [5.74, 6) is -0.125. The fourth-order valence-corrected chi connectivity index (χ4v) is 3.56. The highest BCUT2D eigenvalue weighted by Crippen LogP contribution is 2.31. The van der Waals surface area contributed by atoms with E-state index in [4.69, 9.17) is 16.3 Å². The zero-order valence-corrected chi connectivity index (χ0v) is 17.7. The van der Waals surface area contributed by atoms with Crippen molar-refractivity contribution in [2.45, 2.75) is 12.9 Å². The summed E-state index contributed by atoms with van der Waals surface area (Å²) in [4.78, 5) is 16.7. The Morgan fingerprint density at radius 3 is 2.44 bits per heavy atom. The van der Waals surface area contributed by atoms with E-state index in [-0.39, 0.29) is 24.1 Å². The van der Waals surface area contributed by atoms with Gasteiger partial charge in [-0.05, 0) is 48.5 Å². The fourth-order valence-electron chi connectivity index (χ4n) is 3.43. The number of aromatic nitrogens is 2. The van der Waals surface area contributed by atoms with Crippen molar-refractivity contribution in [3.63, 3.8) is 0 Å². The lowest BCUT2D eigenvalue weighted by molar-refractivity contribution is -0.137. The Hall–Kier alpha value is -3.20. The molecular weight excluding hydrogens is 445 g/mol. The molecule has 0 radical (unpaired) electrons. The molecule has 1 saturated heterocycles. The van der Waals surface area contributed by atoms with E-state index in [0.29, 0.717) is 31.2 Å². The van der Waals surface area contributed by atoms with Crippen LogP contribution in [0.5, 0.6) is 5.75 Å². The molecule has 1 fully saturated rings. The molecule has 3 aromatic rings. The normalized spacial score (nSPS) is 14.5. The molecule has 2 heterocycles. The summed E-state index contributed by atoms with van der Waals surface area (Å²) in [6, 6.07) is 13.8. The maximum Gasteiger partial charge on any atom is 0.416 e. The van der Waals surface area contributed by atoms with E-state index in [0.717, 1.165) is 17.8 Å². The lowest BCUT2D eigenvalue weighted by Crippen LogP contribution is -2.48. The molecule has 0 atom stereocenters. The zero-order chi connectivity index (χ0) is 22.7. The summed E-state index contributed by atoms with van der Waals surface area (Å²) in [5, 5.41) is 4.88. The van der Waals surface area contributed by atoms with Gasteiger partial charge in [0.15, 0.2) is 12.4 Å². The number of nitrogens with zero attached hydrogens (tertiary/aromatic N) is 4. The van der Waals surface area contributed by atoms with Gasteiger partial charge in [0.05, 0.1) is 5.56 Å². The Morgan fingerprint density at radius 2 is 1.75 bits per heavy atom. The van der Waals surface area contributed by atoms with E-state index in [1.54, 1.807) is 17.2 Å². The minimum Gasteiger partial charge on any atom is -0.471 e. The number of alkyl halides is 3. The molecule has 2 aromatic carbocycles. The Morgan fingerprint density at radius 1 is 1.03 bits per heavy atom. The van der Waals surface area contributed by atoms with Gasteiger partial charge in [-0.2, -0.15) is 18.3 Å². The molecule has 0 unspecified atom stereocenters. The fraction of sp³-hybridized carbons (Fsp3) is 0.273. The van der Waals surface area contributed by atoms with Crippen LogP contribution in [0.2, 0.25) is 5.02 Å². The molecule has 32 heavy (non-hydrogen) atoms. The minimum atomic E-state index is -4.44. The number of anilines is 1. The Balaban J connectivity index is 1.32. The summed E-state index contributed by atoms with van der Waals surface area (Å²) in [5.41, 5.74) is 0.527. The highest BCUT2D eigenvalue weighted by molar-refractivity contribution is 6.30. The number of carbonyl (C=O) groups is 1. The van der Waals surface area contributed by atoms with Gasteiger partial charge >= 0.3 is 6.18 Å². The summed E-state index contributed by atoms with van der Waals surface area (Å²) in [6.07, 6.45) is -2.88. The molecule has 1 aromatic heterocycles. The molecule has 0 saturated carbocycles. The zero-order valence-electron chi connectivity index (χ0n) is 16.9. The Kier molecular flexibility index (Phi) is 6.27. The van der Waals surface area contributed by atoms with Crippen molar-refractivity contribution < 1.29 is 22.7 Å². The van der Waals surface area contributed by atoms with E-state index in [1.807, 2.05) is 24.3 Å². The van der Waals surface area contributed by atoms with Gasteiger partial charge in [0.1, 0.15) is 5.75 Å². The van der Waals surface area contributed by atoms with Crippen molar-refractivity contribution in [1.29, 1.82) is 0 Å². The van der Waals surface area contributed by atoms with Crippen LogP contribution in [0.3, 0.4) is 0 Å². The molecule has 1 aliphatic rings. The van der Waals surface area contributed by atoms with Crippen LogP contribution in [0, 0.1) is 0 Å². The topological polar surface area (TPSA) is 50.6 Å². The predicted octanol–water partition coefficient (Wildman–Crippen LogP) is 4.55. The van der Waals surface area contributed by atoms with Gasteiger partial charge < -0.3 is 14.5 Å². The van der Waals surface area contributed by atoms with Crippen molar-refractivity contribution in [2.24, 2.45) is 0 Å². The standard InChI is InChI=1S/C22H20ClF3N4O2/c23-17-4-6-18(7-5-17)28-10-12-29(13-11-28)21(31)20-8-9-30(27-20)15-32-19-3-1-2-16(14-19)22(24,25)26/h1-9,14H,10-13,15H2. The number of amides is 1. The van der Waals surface area contributed by atoms with Crippen LogP contribution < -0.4 is 9.64 Å². The van der Waals surface area contributed by atoms with Crippen LogP contribution >= 0.6 is 11.6 Å². The largest absolute Gasteiger partial charge is 0.471 e. The third kappa shape index (κ3) is 5.16. The third-order valence-electron chi connectivity index (χ3n) is 5.14. The first-order valence-electron chi connectivity index (χ1n) is 9.93. The van der Waals surface area contributed by atoms with E-state index >= 15 is 0 Å². The predicted molar refractivity (Wildman–Crippen MR) is 114 cm³/mol. The van der Waals surface area contributed by atoms with Gasteiger partial charge in [0.2, 0.25) is 0 Å². The monoisotopic (exact) mass is 464 g/mol. The van der Waals surface area contributed by atoms with Crippen molar-refractivity contribution in [1.82, 2.24) is 14.7 Å². The van der Waals surface area contributed by atoms with Gasteiger partial charge in [-0.3, -0.25) is 4.79 Å². The van der Waals surface area contributed by atoms with E-state index in [9.17, 15) is 18.0 Å². The number of hydrogen-bond acceptors (Lipinski definition) is 4. The van der Waals surface area contributed by atoms with Crippen LogP contribution in [0.1, 0.15) is 16.1 Å². The van der Waals surface area contributed by atoms with Crippen molar-refractivity contribution in [3.05, 3.63) is 77.1 Å². The first-order chi connectivity index (χ1) is 15.3. The molecule has 168 valence electrons. The van der Waals surface area contributed by atoms with E-state index < -0.39 is 11.7 Å². The molecular formula is C22H20ClF3N4O2. The summed E-state index contributed by atoms with van der Waals surface area (Å²) >= 11 is 5.93. The number of ether oxygens (including phenoxy) is 1. The molecule has 0 bridgehead atoms. The number of piperazine rings is 1. The second kappa shape index (κ2) is 9.12. The van der Waals surface area contributed by atoms with Gasteiger partial charge in [-0.25, -0.2) is 4.68 Å². The highest BCUT2D eigenvalue weighted by atomic mass is 35.5. The number of rotatable bonds is 5. The first kappa shape index (κ1) is 22.0. The summed E-state index contributed by atoms with van der Waals surface area (Å²) < 4.78 is 45.2. The molecule has 4 rings (SSSR count). The van der Waals surface area contributed by atoms with Crippen LogP contribution in [0.4, 0.5) is 18.9 Å². The minimum absolute atomic E-state index is 0.0709. The quantitative estimate of drug-likeness (QED) is 0.555. The smallest absolute Gasteiger partial charge is 0.416 e.